The van der Waals surface area contributed by atoms with Crippen molar-refractivity contribution in [1.29, 1.82) is 0 Å². The van der Waals surface area contributed by atoms with Gasteiger partial charge in [0.15, 0.2) is 0 Å². The van der Waals surface area contributed by atoms with E-state index in [9.17, 15) is 4.79 Å². The van der Waals surface area contributed by atoms with Crippen LogP contribution in [0.15, 0.2) is 10.9 Å². The second-order valence-corrected chi connectivity index (χ2v) is 3.60. The van der Waals surface area contributed by atoms with E-state index >= 15 is 0 Å². The van der Waals surface area contributed by atoms with Gasteiger partial charge in [-0.25, -0.2) is 0 Å². The summed E-state index contributed by atoms with van der Waals surface area (Å²) in [5, 5.41) is 5.10. The molecule has 68 valence electrons. The van der Waals surface area contributed by atoms with Gasteiger partial charge >= 0.3 is 0 Å². The molecule has 0 unspecified atom stereocenters. The van der Waals surface area contributed by atoms with Crippen LogP contribution >= 0.6 is 11.3 Å². The highest BCUT2D eigenvalue weighted by Crippen LogP contribution is 2.13. The number of aromatic nitrogens is 3. The van der Waals surface area contributed by atoms with Gasteiger partial charge in [-0.1, -0.05) is 18.3 Å². The predicted octanol–water partition coefficient (Wildman–Crippen LogP) is 0.296. The summed E-state index contributed by atoms with van der Waals surface area (Å²) in [4.78, 5) is 15.3. The quantitative estimate of drug-likeness (QED) is 0.711. The van der Waals surface area contributed by atoms with Gasteiger partial charge in [0.2, 0.25) is 4.96 Å². The normalized spacial score (nSPS) is 10.8. The summed E-state index contributed by atoms with van der Waals surface area (Å²) in [6.07, 6.45) is 0.821. The first kappa shape index (κ1) is 8.18. The largest absolute Gasteiger partial charge is 0.383 e. The van der Waals surface area contributed by atoms with Crippen LogP contribution in [-0.2, 0) is 6.42 Å². The molecule has 2 aromatic heterocycles. The van der Waals surface area contributed by atoms with E-state index in [-0.39, 0.29) is 5.56 Å². The fraction of sp³-hybridized carbons (Fsp3) is 0.286. The van der Waals surface area contributed by atoms with Crippen molar-refractivity contribution in [1.82, 2.24) is 14.6 Å². The molecule has 5 nitrogen and oxygen atoms in total. The Morgan fingerprint density at radius 2 is 2.46 bits per heavy atom. The van der Waals surface area contributed by atoms with Crippen LogP contribution in [0.2, 0.25) is 0 Å². The van der Waals surface area contributed by atoms with Crippen LogP contribution < -0.4 is 11.3 Å². The van der Waals surface area contributed by atoms with E-state index in [0.29, 0.717) is 10.8 Å². The zero-order valence-corrected chi connectivity index (χ0v) is 7.84. The van der Waals surface area contributed by atoms with E-state index < -0.39 is 0 Å². The van der Waals surface area contributed by atoms with Gasteiger partial charge in [-0.05, 0) is 6.42 Å². The van der Waals surface area contributed by atoms with Gasteiger partial charge in [0.1, 0.15) is 10.8 Å². The van der Waals surface area contributed by atoms with Crippen LogP contribution in [-0.4, -0.2) is 14.6 Å². The van der Waals surface area contributed by atoms with Gasteiger partial charge < -0.3 is 5.73 Å². The SMILES string of the molecule is CCc1nn2c(N)cc(=O)nc2s1. The van der Waals surface area contributed by atoms with Gasteiger partial charge in [-0.15, -0.1) is 0 Å². The fourth-order valence-electron chi connectivity index (χ4n) is 1.02. The fourth-order valence-corrected chi connectivity index (χ4v) is 1.86. The average molecular weight is 196 g/mol. The van der Waals surface area contributed by atoms with E-state index in [4.69, 9.17) is 5.73 Å². The van der Waals surface area contributed by atoms with Crippen LogP contribution in [0.25, 0.3) is 4.96 Å². The summed E-state index contributed by atoms with van der Waals surface area (Å²) < 4.78 is 1.49. The summed E-state index contributed by atoms with van der Waals surface area (Å²) in [5.41, 5.74) is 5.28. The predicted molar refractivity (Wildman–Crippen MR) is 50.9 cm³/mol. The number of aryl methyl sites for hydroxylation is 1. The van der Waals surface area contributed by atoms with Crippen molar-refractivity contribution >= 4 is 22.1 Å². The second-order valence-electron chi connectivity index (χ2n) is 2.56. The molecule has 0 bridgehead atoms. The van der Waals surface area contributed by atoms with Crippen molar-refractivity contribution in [3.63, 3.8) is 0 Å². The number of nitrogens with zero attached hydrogens (tertiary/aromatic N) is 3. The van der Waals surface area contributed by atoms with E-state index in [2.05, 4.69) is 10.1 Å². The lowest BCUT2D eigenvalue weighted by molar-refractivity contribution is 0.894. The molecule has 2 aromatic rings. The topological polar surface area (TPSA) is 73.3 Å². The zero-order valence-electron chi connectivity index (χ0n) is 7.02. The highest BCUT2D eigenvalue weighted by atomic mass is 32.1. The van der Waals surface area contributed by atoms with Gasteiger partial charge in [-0.2, -0.15) is 14.6 Å². The molecule has 2 N–H and O–H groups in total. The smallest absolute Gasteiger partial charge is 0.276 e. The van der Waals surface area contributed by atoms with Gasteiger partial charge in [0.05, 0.1) is 0 Å². The van der Waals surface area contributed by atoms with Crippen LogP contribution in [0.4, 0.5) is 5.82 Å². The van der Waals surface area contributed by atoms with Crippen LogP contribution in [0.3, 0.4) is 0 Å². The number of fused-ring (bicyclic) bond motifs is 1. The van der Waals surface area contributed by atoms with Gasteiger partial charge in [0.25, 0.3) is 5.56 Å². The third kappa shape index (κ3) is 1.29. The standard InChI is InChI=1S/C7H8N4OS/c1-2-6-10-11-4(8)3-5(12)9-7(11)13-6/h3H,2,8H2,1H3. The summed E-state index contributed by atoms with van der Waals surface area (Å²) >= 11 is 1.39. The lowest BCUT2D eigenvalue weighted by Gasteiger charge is -1.93. The number of hydrogen-bond donors (Lipinski definition) is 1. The Balaban J connectivity index is 2.83. The first-order valence-corrected chi connectivity index (χ1v) is 4.67. The maximum absolute atomic E-state index is 11.0. The Hall–Kier alpha value is -1.43. The molecule has 6 heteroatoms. The molecule has 0 aliphatic heterocycles. The van der Waals surface area contributed by atoms with Crippen molar-refractivity contribution in [3.8, 4) is 0 Å². The molecule has 0 fully saturated rings. The van der Waals surface area contributed by atoms with Crippen molar-refractivity contribution in [2.75, 3.05) is 5.73 Å². The molecule has 0 saturated carbocycles. The molecular weight excluding hydrogens is 188 g/mol. The zero-order chi connectivity index (χ0) is 9.42. The molecule has 2 rings (SSSR count). The lowest BCUT2D eigenvalue weighted by atomic mass is 10.5. The minimum Gasteiger partial charge on any atom is -0.383 e. The monoisotopic (exact) mass is 196 g/mol. The van der Waals surface area contributed by atoms with Gasteiger partial charge in [-0.3, -0.25) is 4.79 Å². The molecule has 0 amide bonds. The van der Waals surface area contributed by atoms with E-state index in [0.717, 1.165) is 11.4 Å². The van der Waals surface area contributed by atoms with Gasteiger partial charge in [0, 0.05) is 6.07 Å². The van der Waals surface area contributed by atoms with E-state index in [1.54, 1.807) is 0 Å². The molecule has 0 spiro atoms. The van der Waals surface area contributed by atoms with E-state index in [1.807, 2.05) is 6.92 Å². The minimum atomic E-state index is -0.316. The molecule has 0 aliphatic carbocycles. The second kappa shape index (κ2) is 2.81. The summed E-state index contributed by atoms with van der Waals surface area (Å²) in [6.45, 7) is 1.99. The Kier molecular flexibility index (Phi) is 1.77. The molecule has 0 aromatic carbocycles. The van der Waals surface area contributed by atoms with Crippen LogP contribution in [0.5, 0.6) is 0 Å². The first-order valence-electron chi connectivity index (χ1n) is 3.86. The number of rotatable bonds is 1. The maximum Gasteiger partial charge on any atom is 0.276 e. The van der Waals surface area contributed by atoms with Crippen LogP contribution in [0.1, 0.15) is 11.9 Å². The van der Waals surface area contributed by atoms with Crippen molar-refractivity contribution in [2.45, 2.75) is 13.3 Å². The number of nitrogens with two attached hydrogens (primary N) is 1. The summed E-state index contributed by atoms with van der Waals surface area (Å²) in [6, 6.07) is 1.27. The lowest BCUT2D eigenvalue weighted by Crippen LogP contribution is -2.10. The number of nitrogen functional groups attached to an aromatic ring is 1. The maximum atomic E-state index is 11.0. The number of hydrogen-bond acceptors (Lipinski definition) is 5. The van der Waals surface area contributed by atoms with Crippen molar-refractivity contribution < 1.29 is 0 Å². The average Bonchev–Trinajstić information content (AvgIpc) is 2.47. The highest BCUT2D eigenvalue weighted by Gasteiger charge is 2.05. The Morgan fingerprint density at radius 3 is 3.15 bits per heavy atom. The first-order chi connectivity index (χ1) is 6.20. The molecule has 13 heavy (non-hydrogen) atoms. The van der Waals surface area contributed by atoms with E-state index in [1.165, 1.54) is 21.9 Å². The third-order valence-corrected chi connectivity index (χ3v) is 2.68. The summed E-state index contributed by atoms with van der Waals surface area (Å²) in [7, 11) is 0. The number of anilines is 1. The van der Waals surface area contributed by atoms with Crippen LogP contribution in [0, 0.1) is 0 Å². The Bertz CT molecular complexity index is 501. The van der Waals surface area contributed by atoms with Crippen molar-refractivity contribution in [2.24, 2.45) is 0 Å². The molecular formula is C7H8N4OS. The molecule has 0 aliphatic rings. The minimum absolute atomic E-state index is 0.316. The Labute approximate surface area is 77.8 Å². The molecule has 0 radical (unpaired) electrons. The third-order valence-electron chi connectivity index (χ3n) is 1.63. The summed E-state index contributed by atoms with van der Waals surface area (Å²) in [5.74, 6) is 0.339. The highest BCUT2D eigenvalue weighted by molar-refractivity contribution is 7.16. The Morgan fingerprint density at radius 1 is 1.69 bits per heavy atom. The molecule has 2 heterocycles. The molecule has 0 saturated heterocycles. The van der Waals surface area contributed by atoms with Crippen molar-refractivity contribution in [3.05, 3.63) is 21.4 Å². The molecule has 0 atom stereocenters.